The number of Topliss-reactive ketones (excluding diaryl/α,β-unsaturated/α-hetero) is 1. The molecule has 0 saturated carbocycles. The predicted molar refractivity (Wildman–Crippen MR) is 104 cm³/mol. The van der Waals surface area contributed by atoms with Gasteiger partial charge in [-0.05, 0) is 18.2 Å². The molecule has 1 atom stereocenters. The highest BCUT2D eigenvalue weighted by atomic mass is 32.1. The molecule has 9 heteroatoms. The monoisotopic (exact) mass is 414 g/mol. The zero-order valence-electron chi connectivity index (χ0n) is 15.7. The van der Waals surface area contributed by atoms with E-state index in [0.29, 0.717) is 32.8 Å². The first-order chi connectivity index (χ1) is 14.0. The van der Waals surface area contributed by atoms with Gasteiger partial charge in [-0.15, -0.1) is 11.3 Å². The Morgan fingerprint density at radius 1 is 1.34 bits per heavy atom. The Balaban J connectivity index is 1.69. The number of nitrogens with zero attached hydrogens (tertiary/aromatic N) is 2. The summed E-state index contributed by atoms with van der Waals surface area (Å²) >= 11 is 1.16. The molecular formula is C20H18N2O6S. The molecule has 150 valence electrons. The third kappa shape index (κ3) is 3.50. The van der Waals surface area contributed by atoms with Gasteiger partial charge in [-0.3, -0.25) is 14.5 Å². The first-order valence-corrected chi connectivity index (χ1v) is 9.59. The summed E-state index contributed by atoms with van der Waals surface area (Å²) in [5.74, 6) is 0.0660. The molecule has 8 nitrogen and oxygen atoms in total. The Labute approximate surface area is 170 Å². The van der Waals surface area contributed by atoms with Crippen molar-refractivity contribution >= 4 is 23.1 Å². The van der Waals surface area contributed by atoms with Crippen molar-refractivity contribution in [3.05, 3.63) is 52.7 Å². The van der Waals surface area contributed by atoms with Crippen LogP contribution in [0.1, 0.15) is 20.9 Å². The van der Waals surface area contributed by atoms with Crippen molar-refractivity contribution in [3.8, 4) is 22.3 Å². The summed E-state index contributed by atoms with van der Waals surface area (Å²) in [6, 6.07) is 7.48. The molecule has 4 rings (SSSR count). The highest BCUT2D eigenvalue weighted by Crippen LogP contribution is 2.35. The third-order valence-corrected chi connectivity index (χ3v) is 5.85. The lowest BCUT2D eigenvalue weighted by atomic mass is 10.0. The van der Waals surface area contributed by atoms with Crippen LogP contribution >= 0.6 is 11.3 Å². The van der Waals surface area contributed by atoms with Crippen LogP contribution in [0.2, 0.25) is 0 Å². The standard InChI is InChI=1S/C20H18N2O6S/c1-26-12-6-5-11(15(8-12)27-2)9-22-10-13-18(17(23)16(22)20(24)25)29-19(21-13)14-4-3-7-28-14/h3-8,16H,9-10H2,1-2H3,(H,24,25). The molecule has 0 aliphatic carbocycles. The molecule has 1 aliphatic heterocycles. The van der Waals surface area contributed by atoms with Gasteiger partial charge in [0.15, 0.2) is 16.8 Å². The largest absolute Gasteiger partial charge is 0.497 e. The van der Waals surface area contributed by atoms with Gasteiger partial charge < -0.3 is 19.0 Å². The van der Waals surface area contributed by atoms with Crippen LogP contribution in [0.25, 0.3) is 10.8 Å². The maximum absolute atomic E-state index is 13.0. The predicted octanol–water partition coefficient (Wildman–Crippen LogP) is 3.07. The number of carbonyl (C=O) groups excluding carboxylic acids is 1. The number of rotatable bonds is 6. The lowest BCUT2D eigenvalue weighted by Gasteiger charge is -2.31. The highest BCUT2D eigenvalue weighted by molar-refractivity contribution is 7.17. The Kier molecular flexibility index (Phi) is 5.08. The second kappa shape index (κ2) is 7.69. The Morgan fingerprint density at radius 3 is 2.83 bits per heavy atom. The van der Waals surface area contributed by atoms with E-state index in [1.54, 1.807) is 42.3 Å². The summed E-state index contributed by atoms with van der Waals surface area (Å²) in [4.78, 5) is 31.3. The molecule has 3 heterocycles. The number of carboxylic acid groups (broad SMARTS) is 1. The zero-order chi connectivity index (χ0) is 20.5. The number of hydrogen-bond acceptors (Lipinski definition) is 8. The second-order valence-electron chi connectivity index (χ2n) is 6.46. The van der Waals surface area contributed by atoms with E-state index in [2.05, 4.69) is 4.98 Å². The minimum atomic E-state index is -1.29. The van der Waals surface area contributed by atoms with E-state index in [1.165, 1.54) is 13.4 Å². The lowest BCUT2D eigenvalue weighted by Crippen LogP contribution is -2.49. The molecule has 1 aliphatic rings. The molecule has 3 aromatic rings. The maximum atomic E-state index is 13.0. The number of carboxylic acids is 1. The number of carbonyl (C=O) groups is 2. The Morgan fingerprint density at radius 2 is 2.17 bits per heavy atom. The summed E-state index contributed by atoms with van der Waals surface area (Å²) in [6.45, 7) is 0.438. The summed E-state index contributed by atoms with van der Waals surface area (Å²) in [5, 5.41) is 10.3. The van der Waals surface area contributed by atoms with E-state index in [0.717, 1.165) is 16.9 Å². The van der Waals surface area contributed by atoms with Crippen LogP contribution in [0.3, 0.4) is 0 Å². The van der Waals surface area contributed by atoms with Gasteiger partial charge in [0.2, 0.25) is 5.78 Å². The van der Waals surface area contributed by atoms with E-state index >= 15 is 0 Å². The van der Waals surface area contributed by atoms with E-state index in [-0.39, 0.29) is 13.1 Å². The molecular weight excluding hydrogens is 396 g/mol. The van der Waals surface area contributed by atoms with Gasteiger partial charge in [0, 0.05) is 24.7 Å². The summed E-state index contributed by atoms with van der Waals surface area (Å²) < 4.78 is 16.0. The van der Waals surface area contributed by atoms with Gasteiger partial charge in [-0.1, -0.05) is 6.07 Å². The molecule has 0 radical (unpaired) electrons. The van der Waals surface area contributed by atoms with Gasteiger partial charge in [-0.25, -0.2) is 4.98 Å². The number of benzene rings is 1. The van der Waals surface area contributed by atoms with Gasteiger partial charge in [-0.2, -0.15) is 0 Å². The van der Waals surface area contributed by atoms with Gasteiger partial charge in [0.05, 0.1) is 31.1 Å². The fourth-order valence-corrected chi connectivity index (χ4v) is 4.35. The summed E-state index contributed by atoms with van der Waals surface area (Å²) in [7, 11) is 3.08. The molecule has 0 saturated heterocycles. The van der Waals surface area contributed by atoms with Crippen LogP contribution in [0.5, 0.6) is 11.5 Å². The van der Waals surface area contributed by atoms with Crippen molar-refractivity contribution < 1.29 is 28.6 Å². The van der Waals surface area contributed by atoms with Crippen molar-refractivity contribution in [3.63, 3.8) is 0 Å². The minimum Gasteiger partial charge on any atom is -0.497 e. The molecule has 0 spiro atoms. The van der Waals surface area contributed by atoms with E-state index in [4.69, 9.17) is 13.9 Å². The number of ether oxygens (including phenoxy) is 2. The number of methoxy groups -OCH3 is 2. The van der Waals surface area contributed by atoms with Crippen molar-refractivity contribution in [2.24, 2.45) is 0 Å². The van der Waals surface area contributed by atoms with Crippen LogP contribution in [0, 0.1) is 0 Å². The fraction of sp³-hybridized carbons (Fsp3) is 0.250. The number of hydrogen-bond donors (Lipinski definition) is 1. The average Bonchev–Trinajstić information content (AvgIpc) is 3.37. The number of thiazole rings is 1. The Hall–Kier alpha value is -3.17. The lowest BCUT2D eigenvalue weighted by molar-refractivity contribution is -0.142. The van der Waals surface area contributed by atoms with Crippen molar-refractivity contribution in [2.45, 2.75) is 19.1 Å². The summed E-state index contributed by atoms with van der Waals surface area (Å²) in [5.41, 5.74) is 1.30. The first-order valence-electron chi connectivity index (χ1n) is 8.77. The van der Waals surface area contributed by atoms with Crippen LogP contribution in [0.4, 0.5) is 0 Å². The van der Waals surface area contributed by atoms with Crippen LogP contribution < -0.4 is 9.47 Å². The quantitative estimate of drug-likeness (QED) is 0.614. The smallest absolute Gasteiger partial charge is 0.329 e. The second-order valence-corrected chi connectivity index (χ2v) is 7.46. The number of fused-ring (bicyclic) bond motifs is 1. The van der Waals surface area contributed by atoms with Crippen molar-refractivity contribution in [2.75, 3.05) is 14.2 Å². The van der Waals surface area contributed by atoms with Gasteiger partial charge >= 0.3 is 5.97 Å². The fourth-order valence-electron chi connectivity index (χ4n) is 3.35. The zero-order valence-corrected chi connectivity index (χ0v) is 16.6. The average molecular weight is 414 g/mol. The molecule has 0 fully saturated rings. The number of furan rings is 1. The third-order valence-electron chi connectivity index (χ3n) is 4.72. The summed E-state index contributed by atoms with van der Waals surface area (Å²) in [6.07, 6.45) is 1.53. The Bertz CT molecular complexity index is 1060. The minimum absolute atomic E-state index is 0.211. The molecule has 0 bridgehead atoms. The highest BCUT2D eigenvalue weighted by Gasteiger charge is 2.41. The van der Waals surface area contributed by atoms with E-state index in [1.807, 2.05) is 0 Å². The molecule has 1 N–H and O–H groups in total. The molecule has 29 heavy (non-hydrogen) atoms. The van der Waals surface area contributed by atoms with Crippen LogP contribution in [-0.2, 0) is 17.9 Å². The normalized spacial score (nSPS) is 16.5. The van der Waals surface area contributed by atoms with Gasteiger partial charge in [0.25, 0.3) is 0 Å². The SMILES string of the molecule is COc1ccc(CN2Cc3nc(-c4ccco4)sc3C(=O)C2C(=O)O)c(OC)c1. The van der Waals surface area contributed by atoms with E-state index in [9.17, 15) is 14.7 Å². The molecule has 2 aromatic heterocycles. The molecule has 0 amide bonds. The van der Waals surface area contributed by atoms with Crippen LogP contribution in [0.15, 0.2) is 41.0 Å². The van der Waals surface area contributed by atoms with Crippen molar-refractivity contribution in [1.82, 2.24) is 9.88 Å². The maximum Gasteiger partial charge on any atom is 0.329 e. The topological polar surface area (TPSA) is 102 Å². The first kappa shape index (κ1) is 19.2. The number of ketones is 1. The van der Waals surface area contributed by atoms with Crippen LogP contribution in [-0.4, -0.2) is 47.0 Å². The van der Waals surface area contributed by atoms with Crippen molar-refractivity contribution in [1.29, 1.82) is 0 Å². The van der Waals surface area contributed by atoms with Gasteiger partial charge in [0.1, 0.15) is 11.5 Å². The molecule has 1 unspecified atom stereocenters. The number of aliphatic carboxylic acids is 1. The van der Waals surface area contributed by atoms with E-state index < -0.39 is 17.8 Å². The molecule has 1 aromatic carbocycles. The number of aromatic nitrogens is 1.